The van der Waals surface area contributed by atoms with Gasteiger partial charge in [-0.05, 0) is 84.3 Å². The molecule has 3 aromatic rings. The molecule has 3 aromatic carbocycles. The maximum absolute atomic E-state index is 9.68. The van der Waals surface area contributed by atoms with E-state index in [1.165, 1.54) is 61.9 Å². The molecular weight excluding hydrogens is 390 g/mol. The number of likely N-dealkylation sites (tertiary alicyclic amines) is 1. The van der Waals surface area contributed by atoms with Crippen molar-refractivity contribution in [3.63, 3.8) is 0 Å². The van der Waals surface area contributed by atoms with Gasteiger partial charge in [0.25, 0.3) is 0 Å². The lowest BCUT2D eigenvalue weighted by atomic mass is 9.84. The number of phenols is 1. The van der Waals surface area contributed by atoms with E-state index in [9.17, 15) is 5.11 Å². The summed E-state index contributed by atoms with van der Waals surface area (Å²) in [5, 5.41) is 9.68. The summed E-state index contributed by atoms with van der Waals surface area (Å²) in [7, 11) is 0. The van der Waals surface area contributed by atoms with E-state index in [0.29, 0.717) is 6.04 Å². The third-order valence-electron chi connectivity index (χ3n) is 7.01. The Labute approximate surface area is 191 Å². The zero-order chi connectivity index (χ0) is 21.9. The van der Waals surface area contributed by atoms with Gasteiger partial charge in [-0.15, -0.1) is 0 Å². The molecule has 1 saturated carbocycles. The van der Waals surface area contributed by atoms with Crippen molar-refractivity contribution in [1.82, 2.24) is 4.90 Å². The van der Waals surface area contributed by atoms with E-state index in [0.717, 1.165) is 16.7 Å². The first-order chi connectivity index (χ1) is 15.7. The number of hydrogen-bond acceptors (Lipinski definition) is 2. The molecule has 0 bridgehead atoms. The summed E-state index contributed by atoms with van der Waals surface area (Å²) >= 11 is 0. The third kappa shape index (κ3) is 4.16. The van der Waals surface area contributed by atoms with Gasteiger partial charge < -0.3 is 5.11 Å². The Hall–Kier alpha value is -3.10. The fourth-order valence-electron chi connectivity index (χ4n) is 5.12. The highest BCUT2D eigenvalue weighted by atomic mass is 16.3. The molecule has 32 heavy (non-hydrogen) atoms. The Bertz CT molecular complexity index is 1140. The quantitative estimate of drug-likeness (QED) is 0.473. The van der Waals surface area contributed by atoms with Crippen LogP contribution in [0.15, 0.2) is 84.9 Å². The summed E-state index contributed by atoms with van der Waals surface area (Å²) in [5.41, 5.74) is 8.47. The average Bonchev–Trinajstić information content (AvgIpc) is 2.80. The topological polar surface area (TPSA) is 23.5 Å². The van der Waals surface area contributed by atoms with Crippen LogP contribution in [0.1, 0.15) is 48.8 Å². The van der Waals surface area contributed by atoms with Gasteiger partial charge in [0.15, 0.2) is 0 Å². The minimum atomic E-state index is 0.274. The van der Waals surface area contributed by atoms with Crippen molar-refractivity contribution in [3.8, 4) is 16.9 Å². The predicted octanol–water partition coefficient (Wildman–Crippen LogP) is 7.15. The predicted molar refractivity (Wildman–Crippen MR) is 135 cm³/mol. The minimum Gasteiger partial charge on any atom is -0.508 e. The van der Waals surface area contributed by atoms with E-state index >= 15 is 0 Å². The smallest absolute Gasteiger partial charge is 0.115 e. The van der Waals surface area contributed by atoms with E-state index in [1.807, 2.05) is 12.1 Å². The first-order valence-electron chi connectivity index (χ1n) is 11.8. The number of benzene rings is 3. The van der Waals surface area contributed by atoms with Crippen LogP contribution >= 0.6 is 0 Å². The van der Waals surface area contributed by atoms with Gasteiger partial charge in [-0.2, -0.15) is 0 Å². The maximum Gasteiger partial charge on any atom is 0.115 e. The number of hydrogen-bond donors (Lipinski definition) is 1. The first kappa shape index (κ1) is 20.8. The molecule has 2 heteroatoms. The molecule has 1 aliphatic heterocycles. The van der Waals surface area contributed by atoms with E-state index in [-0.39, 0.29) is 5.75 Å². The van der Waals surface area contributed by atoms with Crippen molar-refractivity contribution in [1.29, 1.82) is 0 Å². The molecule has 0 aromatic heterocycles. The van der Waals surface area contributed by atoms with Crippen molar-refractivity contribution in [2.75, 3.05) is 13.1 Å². The highest BCUT2D eigenvalue weighted by Crippen LogP contribution is 2.37. The lowest BCUT2D eigenvalue weighted by Crippen LogP contribution is -2.46. The first-order valence-corrected chi connectivity index (χ1v) is 11.8. The number of phenolic OH excluding ortho intramolecular Hbond substituents is 1. The molecule has 0 spiro atoms. The molecule has 0 radical (unpaired) electrons. The third-order valence-corrected chi connectivity index (χ3v) is 7.01. The molecule has 1 saturated heterocycles. The summed E-state index contributed by atoms with van der Waals surface area (Å²) in [6, 6.07) is 25.2. The van der Waals surface area contributed by atoms with Gasteiger partial charge in [0.05, 0.1) is 0 Å². The van der Waals surface area contributed by atoms with Crippen LogP contribution in [0.4, 0.5) is 0 Å². The number of nitrogens with zero attached hydrogens (tertiary/aromatic N) is 1. The summed E-state index contributed by atoms with van der Waals surface area (Å²) in [5.74, 6) is 0.274. The van der Waals surface area contributed by atoms with Crippen molar-refractivity contribution >= 4 is 11.6 Å². The summed E-state index contributed by atoms with van der Waals surface area (Å²) in [6.07, 6.45) is 8.95. The Morgan fingerprint density at radius 2 is 1.56 bits per heavy atom. The molecule has 1 atom stereocenters. The van der Waals surface area contributed by atoms with Crippen LogP contribution in [0.5, 0.6) is 5.75 Å². The molecule has 162 valence electrons. The van der Waals surface area contributed by atoms with Gasteiger partial charge in [0.2, 0.25) is 0 Å². The van der Waals surface area contributed by atoms with Crippen LogP contribution in [0.2, 0.25) is 0 Å². The zero-order valence-electron chi connectivity index (χ0n) is 18.6. The van der Waals surface area contributed by atoms with Crippen LogP contribution in [0, 0.1) is 0 Å². The highest BCUT2D eigenvalue weighted by Gasteiger charge is 2.28. The monoisotopic (exact) mass is 421 g/mol. The van der Waals surface area contributed by atoms with Crippen LogP contribution in [0.3, 0.4) is 0 Å². The number of rotatable bonds is 5. The summed E-state index contributed by atoms with van der Waals surface area (Å²) in [4.78, 5) is 2.66. The molecule has 2 fully saturated rings. The SMILES string of the molecule is C=C(c1ccc(O)cc1)c1ccccc1-c1ccccc1C=C1CCCCC1N1CCC1. The largest absolute Gasteiger partial charge is 0.508 e. The van der Waals surface area contributed by atoms with Crippen LogP contribution < -0.4 is 0 Å². The van der Waals surface area contributed by atoms with E-state index in [4.69, 9.17) is 0 Å². The average molecular weight is 422 g/mol. The van der Waals surface area contributed by atoms with Crippen molar-refractivity contribution in [3.05, 3.63) is 102 Å². The molecule has 1 N–H and O–H groups in total. The molecule has 2 nitrogen and oxygen atoms in total. The van der Waals surface area contributed by atoms with Crippen molar-refractivity contribution in [2.45, 2.75) is 38.1 Å². The minimum absolute atomic E-state index is 0.274. The van der Waals surface area contributed by atoms with E-state index in [2.05, 4.69) is 66.1 Å². The van der Waals surface area contributed by atoms with E-state index in [1.54, 1.807) is 17.7 Å². The van der Waals surface area contributed by atoms with Crippen LogP contribution in [0.25, 0.3) is 22.8 Å². The maximum atomic E-state index is 9.68. The number of aromatic hydroxyl groups is 1. The van der Waals surface area contributed by atoms with Crippen LogP contribution in [-0.2, 0) is 0 Å². The molecule has 0 amide bonds. The fourth-order valence-corrected chi connectivity index (χ4v) is 5.12. The molecule has 1 aliphatic carbocycles. The second kappa shape index (κ2) is 9.18. The van der Waals surface area contributed by atoms with Gasteiger partial charge in [0, 0.05) is 6.04 Å². The highest BCUT2D eigenvalue weighted by molar-refractivity contribution is 5.90. The molecule has 1 heterocycles. The van der Waals surface area contributed by atoms with Gasteiger partial charge in [-0.25, -0.2) is 0 Å². The zero-order valence-corrected chi connectivity index (χ0v) is 18.6. The van der Waals surface area contributed by atoms with Crippen molar-refractivity contribution in [2.24, 2.45) is 0 Å². The Morgan fingerprint density at radius 3 is 2.31 bits per heavy atom. The van der Waals surface area contributed by atoms with E-state index < -0.39 is 0 Å². The Balaban J connectivity index is 1.54. The summed E-state index contributed by atoms with van der Waals surface area (Å²) < 4.78 is 0. The van der Waals surface area contributed by atoms with Gasteiger partial charge in [0.1, 0.15) is 5.75 Å². The standard InChI is InChI=1S/C30H31NO/c1-22(23-15-17-26(32)18-16-23)27-11-5-6-13-29(27)28-12-4-2-9-24(28)21-25-10-3-7-14-30(25)31-19-8-20-31/h2,4-6,9,11-13,15-18,21,30,32H,1,3,7-8,10,14,19-20H2. The molecule has 1 unspecified atom stereocenters. The van der Waals surface area contributed by atoms with Crippen LogP contribution in [-0.4, -0.2) is 29.1 Å². The van der Waals surface area contributed by atoms with Gasteiger partial charge >= 0.3 is 0 Å². The second-order valence-corrected chi connectivity index (χ2v) is 9.03. The lowest BCUT2D eigenvalue weighted by Gasteiger charge is -2.42. The molecular formula is C30H31NO. The van der Waals surface area contributed by atoms with Crippen molar-refractivity contribution < 1.29 is 5.11 Å². The Morgan fingerprint density at radius 1 is 0.844 bits per heavy atom. The summed E-state index contributed by atoms with van der Waals surface area (Å²) in [6.45, 7) is 6.90. The molecule has 5 rings (SSSR count). The molecule has 2 aliphatic rings. The second-order valence-electron chi connectivity index (χ2n) is 9.03. The fraction of sp³-hybridized carbons (Fsp3) is 0.267. The normalized spacial score (nSPS) is 20.1. The van der Waals surface area contributed by atoms with Gasteiger partial charge in [-0.1, -0.05) is 85.3 Å². The lowest BCUT2D eigenvalue weighted by molar-refractivity contribution is 0.121. The Kier molecular flexibility index (Phi) is 5.96. The van der Waals surface area contributed by atoms with Gasteiger partial charge in [-0.3, -0.25) is 4.90 Å².